The average molecular weight is 520 g/mol. The fraction of sp³-hybridized carbons (Fsp3) is 0.391. The van der Waals surface area contributed by atoms with Crippen LogP contribution in [0, 0.1) is 5.92 Å². The van der Waals surface area contributed by atoms with Gasteiger partial charge in [0.15, 0.2) is 8.38 Å². The maximum absolute atomic E-state index is 13.4. The molecule has 3 aromatic rings. The van der Waals surface area contributed by atoms with Crippen LogP contribution in [0.3, 0.4) is 0 Å². The molecule has 10 nitrogen and oxygen atoms in total. The maximum Gasteiger partial charge on any atom is 0.278 e. The van der Waals surface area contributed by atoms with Crippen molar-refractivity contribution in [3.63, 3.8) is 0 Å². The lowest BCUT2D eigenvalue weighted by Crippen LogP contribution is -2.36. The van der Waals surface area contributed by atoms with Gasteiger partial charge in [-0.05, 0) is 43.4 Å². The molecule has 1 saturated heterocycles. The van der Waals surface area contributed by atoms with Crippen LogP contribution in [0.4, 0.5) is 11.5 Å². The number of nitrogens with zero attached hydrogens (tertiary/aromatic N) is 4. The summed E-state index contributed by atoms with van der Waals surface area (Å²) in [5, 5.41) is 8.36. The van der Waals surface area contributed by atoms with E-state index in [1.54, 1.807) is 30.3 Å². The first kappa shape index (κ1) is 25.3. The lowest BCUT2D eigenvalue weighted by molar-refractivity contribution is -0.117. The van der Waals surface area contributed by atoms with Crippen molar-refractivity contribution in [3.8, 4) is 5.88 Å². The van der Waals surface area contributed by atoms with E-state index in [1.165, 1.54) is 13.3 Å². The first-order chi connectivity index (χ1) is 16.8. The third-order valence-electron chi connectivity index (χ3n) is 6.05. The van der Waals surface area contributed by atoms with Crippen LogP contribution in [0.2, 0.25) is 5.02 Å². The van der Waals surface area contributed by atoms with Crippen molar-refractivity contribution in [2.24, 2.45) is 5.92 Å². The largest absolute Gasteiger partial charge is 0.481 e. The number of hydrogen-bond acceptors (Lipinski definition) is 8. The molecule has 0 saturated carbocycles. The number of amides is 1. The summed E-state index contributed by atoms with van der Waals surface area (Å²) in [6.45, 7) is 1.08. The van der Waals surface area contributed by atoms with Crippen molar-refractivity contribution in [3.05, 3.63) is 51.9 Å². The summed E-state index contributed by atoms with van der Waals surface area (Å²) < 4.78 is 6.47. The standard InChI is InChI=1S/C23H27ClN5O5P/c1-34-20-11-16-13-25-29(14-19(30)26-18-4-2-3-17(24)12-18)23(31)21(16)22(27-20)28-8-5-15(6-9-28)7-10-35(32)33/h2-4,11-13,15,32-33H,5-10,14H2,1H3,(H,26,30). The van der Waals surface area contributed by atoms with Gasteiger partial charge < -0.3 is 24.7 Å². The summed E-state index contributed by atoms with van der Waals surface area (Å²) in [6, 6.07) is 8.41. The zero-order chi connectivity index (χ0) is 24.9. The summed E-state index contributed by atoms with van der Waals surface area (Å²) in [5.74, 6) is 0.859. The lowest BCUT2D eigenvalue weighted by atomic mass is 9.94. The molecule has 0 radical (unpaired) electrons. The Hall–Kier alpha value is -2.78. The van der Waals surface area contributed by atoms with Crippen LogP contribution in [0.25, 0.3) is 10.8 Å². The van der Waals surface area contributed by atoms with Gasteiger partial charge in [0, 0.05) is 41.4 Å². The molecular weight excluding hydrogens is 493 g/mol. The highest BCUT2D eigenvalue weighted by Crippen LogP contribution is 2.33. The van der Waals surface area contributed by atoms with Crippen molar-refractivity contribution < 1.29 is 19.3 Å². The molecule has 1 aromatic carbocycles. The SMILES string of the molecule is COc1cc2cnn(CC(=O)Nc3cccc(Cl)c3)c(=O)c2c(N2CCC(CCP(O)O)CC2)n1. The minimum atomic E-state index is -1.88. The normalized spacial score (nSPS) is 14.5. The quantitative estimate of drug-likeness (QED) is 0.387. The highest BCUT2D eigenvalue weighted by atomic mass is 35.5. The number of rotatable bonds is 8. The third kappa shape index (κ3) is 6.27. The molecule has 0 atom stereocenters. The van der Waals surface area contributed by atoms with Crippen LogP contribution in [-0.2, 0) is 11.3 Å². The van der Waals surface area contributed by atoms with E-state index in [-0.39, 0.29) is 6.54 Å². The van der Waals surface area contributed by atoms with E-state index in [1.807, 2.05) is 4.90 Å². The molecule has 1 aliphatic rings. The van der Waals surface area contributed by atoms with Crippen LogP contribution in [0.5, 0.6) is 5.88 Å². The van der Waals surface area contributed by atoms with Crippen LogP contribution in [0.15, 0.2) is 41.3 Å². The Bertz CT molecular complexity index is 1260. The predicted molar refractivity (Wildman–Crippen MR) is 136 cm³/mol. The molecule has 1 aliphatic heterocycles. The Kier molecular flexibility index (Phi) is 8.18. The second-order valence-electron chi connectivity index (χ2n) is 8.43. The highest BCUT2D eigenvalue weighted by Gasteiger charge is 2.24. The Labute approximate surface area is 208 Å². The predicted octanol–water partition coefficient (Wildman–Crippen LogP) is 3.00. The van der Waals surface area contributed by atoms with Crippen molar-refractivity contribution in [1.82, 2.24) is 14.8 Å². The number of anilines is 2. The summed E-state index contributed by atoms with van der Waals surface area (Å²) in [7, 11) is -0.362. The molecule has 3 N–H and O–H groups in total. The number of carbonyl (C=O) groups is 1. The molecule has 0 aliphatic carbocycles. The van der Waals surface area contributed by atoms with Gasteiger partial charge in [-0.25, -0.2) is 4.68 Å². The molecule has 0 unspecified atom stereocenters. The van der Waals surface area contributed by atoms with Gasteiger partial charge in [-0.1, -0.05) is 17.7 Å². The maximum atomic E-state index is 13.4. The van der Waals surface area contributed by atoms with E-state index in [2.05, 4.69) is 15.4 Å². The van der Waals surface area contributed by atoms with E-state index in [0.717, 1.165) is 23.9 Å². The van der Waals surface area contributed by atoms with E-state index in [0.29, 0.717) is 58.3 Å². The number of ether oxygens (including phenoxy) is 1. The highest BCUT2D eigenvalue weighted by molar-refractivity contribution is 7.45. The zero-order valence-corrected chi connectivity index (χ0v) is 20.9. The van der Waals surface area contributed by atoms with Gasteiger partial charge in [-0.2, -0.15) is 10.1 Å². The molecule has 1 fully saturated rings. The van der Waals surface area contributed by atoms with Crippen molar-refractivity contribution in [2.45, 2.75) is 25.8 Å². The van der Waals surface area contributed by atoms with Crippen LogP contribution in [-0.4, -0.2) is 56.8 Å². The fourth-order valence-electron chi connectivity index (χ4n) is 4.24. The van der Waals surface area contributed by atoms with Crippen LogP contribution < -0.4 is 20.5 Å². The molecule has 2 aromatic heterocycles. The fourth-order valence-corrected chi connectivity index (χ4v) is 5.03. The van der Waals surface area contributed by atoms with Gasteiger partial charge in [0.2, 0.25) is 11.8 Å². The minimum absolute atomic E-state index is 0.264. The average Bonchev–Trinajstić information content (AvgIpc) is 2.84. The van der Waals surface area contributed by atoms with Gasteiger partial charge >= 0.3 is 0 Å². The summed E-state index contributed by atoms with van der Waals surface area (Å²) in [6.07, 6.45) is 4.41. The number of pyridine rings is 1. The number of methoxy groups -OCH3 is 1. The Morgan fingerprint density at radius 1 is 1.29 bits per heavy atom. The number of fused-ring (bicyclic) bond motifs is 1. The number of aromatic nitrogens is 3. The van der Waals surface area contributed by atoms with Crippen molar-refractivity contribution in [1.29, 1.82) is 0 Å². The number of halogens is 1. The van der Waals surface area contributed by atoms with Gasteiger partial charge in [-0.3, -0.25) is 9.59 Å². The molecule has 0 bridgehead atoms. The summed E-state index contributed by atoms with van der Waals surface area (Å²) >= 11 is 5.97. The number of benzene rings is 1. The van der Waals surface area contributed by atoms with Crippen LogP contribution >= 0.6 is 20.0 Å². The first-order valence-electron chi connectivity index (χ1n) is 11.2. The molecule has 12 heteroatoms. The van der Waals surface area contributed by atoms with Crippen molar-refractivity contribution in [2.75, 3.05) is 36.6 Å². The Morgan fingerprint density at radius 3 is 2.74 bits per heavy atom. The lowest BCUT2D eigenvalue weighted by Gasteiger charge is -2.33. The second kappa shape index (κ2) is 11.3. The van der Waals surface area contributed by atoms with Crippen molar-refractivity contribution >= 4 is 48.2 Å². The third-order valence-corrected chi connectivity index (χ3v) is 6.95. The molecule has 3 heterocycles. The molecule has 35 heavy (non-hydrogen) atoms. The number of carbonyl (C=O) groups excluding carboxylic acids is 1. The number of piperidine rings is 1. The van der Waals surface area contributed by atoms with Gasteiger partial charge in [0.1, 0.15) is 12.4 Å². The van der Waals surface area contributed by atoms with Gasteiger partial charge in [0.05, 0.1) is 18.7 Å². The first-order valence-corrected chi connectivity index (χ1v) is 13.1. The van der Waals surface area contributed by atoms with Gasteiger partial charge in [0.25, 0.3) is 5.56 Å². The van der Waals surface area contributed by atoms with E-state index >= 15 is 0 Å². The summed E-state index contributed by atoms with van der Waals surface area (Å²) in [4.78, 5) is 51.0. The monoisotopic (exact) mass is 519 g/mol. The van der Waals surface area contributed by atoms with E-state index in [4.69, 9.17) is 16.3 Å². The molecular formula is C23H27ClN5O5P. The summed E-state index contributed by atoms with van der Waals surface area (Å²) in [5.41, 5.74) is 0.114. The second-order valence-corrected chi connectivity index (χ2v) is 10.1. The van der Waals surface area contributed by atoms with E-state index < -0.39 is 19.8 Å². The topological polar surface area (TPSA) is 130 Å². The Morgan fingerprint density at radius 2 is 2.06 bits per heavy atom. The number of nitrogens with one attached hydrogen (secondary N) is 1. The van der Waals surface area contributed by atoms with E-state index in [9.17, 15) is 19.4 Å². The Balaban J connectivity index is 1.58. The molecule has 1 amide bonds. The smallest absolute Gasteiger partial charge is 0.278 e. The van der Waals surface area contributed by atoms with Crippen LogP contribution in [0.1, 0.15) is 19.3 Å². The molecule has 4 rings (SSSR count). The van der Waals surface area contributed by atoms with Gasteiger partial charge in [-0.15, -0.1) is 0 Å². The number of hydrogen-bond donors (Lipinski definition) is 3. The molecule has 0 spiro atoms. The minimum Gasteiger partial charge on any atom is -0.481 e. The molecule has 186 valence electrons. The zero-order valence-electron chi connectivity index (χ0n) is 19.2.